The molecule has 3 aromatic rings. The first-order valence-corrected chi connectivity index (χ1v) is 8.92. The molecule has 1 amide bonds. The lowest BCUT2D eigenvalue weighted by atomic mass is 10.2. The Morgan fingerprint density at radius 3 is 2.84 bits per heavy atom. The number of carboxylic acid groups (broad SMARTS) is 1. The Balaban J connectivity index is 1.64. The summed E-state index contributed by atoms with van der Waals surface area (Å²) >= 11 is 7.24. The number of nitrogens with zero attached hydrogens (tertiary/aromatic N) is 4. The van der Waals surface area contributed by atoms with Gasteiger partial charge in [-0.2, -0.15) is 0 Å². The fourth-order valence-corrected chi connectivity index (χ4v) is 4.13. The van der Waals surface area contributed by atoms with Gasteiger partial charge < -0.3 is 14.4 Å². The van der Waals surface area contributed by atoms with Gasteiger partial charge in [0, 0.05) is 24.3 Å². The van der Waals surface area contributed by atoms with E-state index >= 15 is 0 Å². The van der Waals surface area contributed by atoms with E-state index in [1.54, 1.807) is 33.8 Å². The summed E-state index contributed by atoms with van der Waals surface area (Å²) in [5.41, 5.74) is 0.997. The second-order valence-electron chi connectivity index (χ2n) is 5.77. The maximum absolute atomic E-state index is 12.9. The summed E-state index contributed by atoms with van der Waals surface area (Å²) in [4.78, 5) is 34.2. The number of rotatable bonds is 3. The van der Waals surface area contributed by atoms with Gasteiger partial charge >= 0.3 is 5.97 Å². The molecule has 4 heterocycles. The number of aromatic nitrogens is 3. The number of carboxylic acids is 1. The molecule has 0 bridgehead atoms. The number of fused-ring (bicyclic) bond motifs is 1. The minimum atomic E-state index is -1.06. The normalized spacial score (nSPS) is 17.3. The van der Waals surface area contributed by atoms with Crippen molar-refractivity contribution in [1.82, 2.24) is 19.3 Å². The van der Waals surface area contributed by atoms with Crippen LogP contribution in [0.15, 0.2) is 29.9 Å². The highest BCUT2D eigenvalue weighted by Crippen LogP contribution is 2.34. The van der Waals surface area contributed by atoms with Crippen molar-refractivity contribution in [3.8, 4) is 0 Å². The van der Waals surface area contributed by atoms with Gasteiger partial charge in [-0.3, -0.25) is 4.79 Å². The van der Waals surface area contributed by atoms with Crippen LogP contribution in [0, 0.1) is 0 Å². The Kier molecular flexibility index (Phi) is 3.93. The number of carbonyl (C=O) groups is 2. The van der Waals surface area contributed by atoms with E-state index in [1.807, 2.05) is 0 Å². The van der Waals surface area contributed by atoms with E-state index in [1.165, 1.54) is 16.7 Å². The summed E-state index contributed by atoms with van der Waals surface area (Å²) in [6, 6.07) is 3.26. The van der Waals surface area contributed by atoms with Crippen LogP contribution in [-0.4, -0.2) is 42.8 Å². The number of imidazole rings is 1. The standard InChI is InChI=1S/C16H13ClN4O3S/c17-9-3-4-13-18-10(7-20(13)6-9)15(22)21-5-1-2-12(21)14-19-11(8-25-14)16(23)24/h3-4,6-8,12H,1-2,5H2,(H,23,24). The third-order valence-corrected chi connectivity index (χ3v) is 5.34. The Hall–Kier alpha value is -2.45. The molecule has 0 radical (unpaired) electrons. The Morgan fingerprint density at radius 2 is 2.08 bits per heavy atom. The second-order valence-corrected chi connectivity index (χ2v) is 7.10. The first-order valence-electron chi connectivity index (χ1n) is 7.67. The molecular formula is C16H13ClN4O3S. The highest BCUT2D eigenvalue weighted by Gasteiger charge is 2.34. The molecule has 128 valence electrons. The van der Waals surface area contributed by atoms with E-state index in [2.05, 4.69) is 9.97 Å². The van der Waals surface area contributed by atoms with Crippen molar-refractivity contribution >= 4 is 40.5 Å². The van der Waals surface area contributed by atoms with Gasteiger partial charge in [0.1, 0.15) is 16.3 Å². The van der Waals surface area contributed by atoms with E-state index in [0.29, 0.717) is 27.9 Å². The lowest BCUT2D eigenvalue weighted by molar-refractivity contribution is 0.0691. The summed E-state index contributed by atoms with van der Waals surface area (Å²) in [5.74, 6) is -1.25. The fraction of sp³-hybridized carbons (Fsp3) is 0.250. The van der Waals surface area contributed by atoms with E-state index < -0.39 is 5.97 Å². The molecule has 1 fully saturated rings. The molecule has 1 aliphatic rings. The van der Waals surface area contributed by atoms with Crippen molar-refractivity contribution in [2.24, 2.45) is 0 Å². The number of aromatic carboxylic acids is 1. The van der Waals surface area contributed by atoms with Gasteiger partial charge in [-0.1, -0.05) is 11.6 Å². The van der Waals surface area contributed by atoms with Gasteiger partial charge in [0.2, 0.25) is 0 Å². The summed E-state index contributed by atoms with van der Waals surface area (Å²) in [6.07, 6.45) is 4.96. The van der Waals surface area contributed by atoms with Gasteiger partial charge in [-0.05, 0) is 25.0 Å². The lowest BCUT2D eigenvalue weighted by Gasteiger charge is -2.22. The molecule has 25 heavy (non-hydrogen) atoms. The van der Waals surface area contributed by atoms with Gasteiger partial charge in [0.15, 0.2) is 5.69 Å². The average Bonchev–Trinajstić information content (AvgIpc) is 3.31. The van der Waals surface area contributed by atoms with Crippen molar-refractivity contribution in [1.29, 1.82) is 0 Å². The monoisotopic (exact) mass is 376 g/mol. The van der Waals surface area contributed by atoms with Crippen molar-refractivity contribution < 1.29 is 14.7 Å². The average molecular weight is 377 g/mol. The second kappa shape index (κ2) is 6.12. The van der Waals surface area contributed by atoms with E-state index in [4.69, 9.17) is 16.7 Å². The van der Waals surface area contributed by atoms with Crippen LogP contribution in [0.2, 0.25) is 5.02 Å². The number of pyridine rings is 1. The molecule has 3 aromatic heterocycles. The molecule has 1 unspecified atom stereocenters. The Morgan fingerprint density at radius 1 is 1.24 bits per heavy atom. The number of halogens is 1. The zero-order valence-electron chi connectivity index (χ0n) is 12.9. The molecule has 1 aliphatic heterocycles. The molecule has 1 atom stereocenters. The molecule has 0 spiro atoms. The first-order chi connectivity index (χ1) is 12.0. The third-order valence-electron chi connectivity index (χ3n) is 4.17. The highest BCUT2D eigenvalue weighted by molar-refractivity contribution is 7.09. The van der Waals surface area contributed by atoms with Gasteiger partial charge in [-0.15, -0.1) is 11.3 Å². The molecule has 1 saturated heterocycles. The van der Waals surface area contributed by atoms with Crippen LogP contribution in [0.3, 0.4) is 0 Å². The van der Waals surface area contributed by atoms with Crippen LogP contribution in [-0.2, 0) is 0 Å². The predicted molar refractivity (Wildman–Crippen MR) is 92.3 cm³/mol. The number of likely N-dealkylation sites (tertiary alicyclic amines) is 1. The van der Waals surface area contributed by atoms with Crippen LogP contribution in [0.25, 0.3) is 5.65 Å². The number of carbonyl (C=O) groups excluding carboxylic acids is 1. The smallest absolute Gasteiger partial charge is 0.355 e. The number of thiazole rings is 1. The van der Waals surface area contributed by atoms with Crippen molar-refractivity contribution in [3.05, 3.63) is 51.3 Å². The van der Waals surface area contributed by atoms with Gasteiger partial charge in [-0.25, -0.2) is 14.8 Å². The zero-order chi connectivity index (χ0) is 17.6. The molecular weight excluding hydrogens is 364 g/mol. The lowest BCUT2D eigenvalue weighted by Crippen LogP contribution is -2.30. The van der Waals surface area contributed by atoms with Crippen molar-refractivity contribution in [3.63, 3.8) is 0 Å². The number of amides is 1. The fourth-order valence-electron chi connectivity index (χ4n) is 3.02. The predicted octanol–water partition coefficient (Wildman–Crippen LogP) is 3.12. The minimum absolute atomic E-state index is 0.0154. The maximum Gasteiger partial charge on any atom is 0.355 e. The van der Waals surface area contributed by atoms with Gasteiger partial charge in [0.25, 0.3) is 5.91 Å². The SMILES string of the molecule is O=C(O)c1csc(C2CCCN2C(=O)c2cn3cc(Cl)ccc3n2)n1. The van der Waals surface area contributed by atoms with Crippen LogP contribution < -0.4 is 0 Å². The molecule has 7 nitrogen and oxygen atoms in total. The quantitative estimate of drug-likeness (QED) is 0.758. The first kappa shape index (κ1) is 16.0. The molecule has 0 saturated carbocycles. The number of hydrogen-bond acceptors (Lipinski definition) is 5. The van der Waals surface area contributed by atoms with E-state index in [9.17, 15) is 9.59 Å². The van der Waals surface area contributed by atoms with E-state index in [-0.39, 0.29) is 17.6 Å². The topological polar surface area (TPSA) is 87.8 Å². The van der Waals surface area contributed by atoms with Gasteiger partial charge in [0.05, 0.1) is 11.1 Å². The summed E-state index contributed by atoms with van der Waals surface area (Å²) < 4.78 is 1.71. The molecule has 4 rings (SSSR count). The van der Waals surface area contributed by atoms with Crippen LogP contribution in [0.5, 0.6) is 0 Å². The van der Waals surface area contributed by atoms with Crippen LogP contribution in [0.1, 0.15) is 44.9 Å². The summed E-state index contributed by atoms with van der Waals surface area (Å²) in [6.45, 7) is 0.597. The van der Waals surface area contributed by atoms with Crippen molar-refractivity contribution in [2.45, 2.75) is 18.9 Å². The molecule has 0 aliphatic carbocycles. The largest absolute Gasteiger partial charge is 0.476 e. The Bertz CT molecular complexity index is 983. The summed E-state index contributed by atoms with van der Waals surface area (Å²) in [5, 5.41) is 11.8. The number of hydrogen-bond donors (Lipinski definition) is 1. The summed E-state index contributed by atoms with van der Waals surface area (Å²) in [7, 11) is 0. The minimum Gasteiger partial charge on any atom is -0.476 e. The zero-order valence-corrected chi connectivity index (χ0v) is 14.5. The van der Waals surface area contributed by atoms with Crippen LogP contribution >= 0.6 is 22.9 Å². The molecule has 0 aromatic carbocycles. The van der Waals surface area contributed by atoms with E-state index in [0.717, 1.165) is 12.8 Å². The highest BCUT2D eigenvalue weighted by atomic mass is 35.5. The third kappa shape index (κ3) is 2.87. The van der Waals surface area contributed by atoms with Crippen LogP contribution in [0.4, 0.5) is 0 Å². The molecule has 9 heteroatoms. The Labute approximate surface area is 151 Å². The molecule has 1 N–H and O–H groups in total. The van der Waals surface area contributed by atoms with Crippen molar-refractivity contribution in [2.75, 3.05) is 6.54 Å². The maximum atomic E-state index is 12.9.